The molecule has 0 bridgehead atoms. The fourth-order valence-corrected chi connectivity index (χ4v) is 4.24. The third kappa shape index (κ3) is 5.59. The van der Waals surface area contributed by atoms with E-state index in [1.54, 1.807) is 48.8 Å². The summed E-state index contributed by atoms with van der Waals surface area (Å²) >= 11 is 0. The molecular formula is C27H28N4O5. The maximum atomic E-state index is 13.4. The Labute approximate surface area is 209 Å². The molecule has 1 aromatic heterocycles. The minimum atomic E-state index is -1.11. The van der Waals surface area contributed by atoms with Gasteiger partial charge < -0.3 is 25.3 Å². The van der Waals surface area contributed by atoms with E-state index in [1.165, 1.54) is 12.0 Å². The second-order valence-corrected chi connectivity index (χ2v) is 8.47. The van der Waals surface area contributed by atoms with Crippen molar-refractivity contribution in [3.05, 3.63) is 90.3 Å². The van der Waals surface area contributed by atoms with E-state index >= 15 is 0 Å². The summed E-state index contributed by atoms with van der Waals surface area (Å²) in [6, 6.07) is 17.8. The number of carbonyl (C=O) groups is 2. The van der Waals surface area contributed by atoms with Crippen LogP contribution in [0.4, 0.5) is 0 Å². The van der Waals surface area contributed by atoms with E-state index in [0.717, 1.165) is 11.1 Å². The first-order chi connectivity index (χ1) is 17.5. The van der Waals surface area contributed by atoms with Crippen molar-refractivity contribution in [1.29, 1.82) is 0 Å². The topological polar surface area (TPSA) is 124 Å². The lowest BCUT2D eigenvalue weighted by Crippen LogP contribution is -2.51. The number of carbonyl (C=O) groups excluding carboxylic acids is 2. The maximum absolute atomic E-state index is 13.4. The van der Waals surface area contributed by atoms with Crippen molar-refractivity contribution in [2.45, 2.75) is 24.6 Å². The third-order valence-corrected chi connectivity index (χ3v) is 6.12. The minimum absolute atomic E-state index is 0.125. The number of likely N-dealkylation sites (tertiary alicyclic amines) is 1. The Bertz CT molecular complexity index is 1200. The molecule has 9 nitrogen and oxygen atoms in total. The van der Waals surface area contributed by atoms with Gasteiger partial charge in [-0.3, -0.25) is 14.6 Å². The summed E-state index contributed by atoms with van der Waals surface area (Å²) in [5.74, 6) is -0.830. The average Bonchev–Trinajstić information content (AvgIpc) is 3.36. The third-order valence-electron chi connectivity index (χ3n) is 6.12. The van der Waals surface area contributed by atoms with E-state index in [1.807, 2.05) is 30.3 Å². The fraction of sp³-hybridized carbons (Fsp3) is 0.259. The summed E-state index contributed by atoms with van der Waals surface area (Å²) in [6.07, 6.45) is 2.50. The zero-order chi connectivity index (χ0) is 25.5. The van der Waals surface area contributed by atoms with Crippen molar-refractivity contribution in [2.75, 3.05) is 20.3 Å². The number of oxime groups is 1. The summed E-state index contributed by atoms with van der Waals surface area (Å²) in [4.78, 5) is 37.1. The van der Waals surface area contributed by atoms with Gasteiger partial charge in [0, 0.05) is 24.4 Å². The molecule has 0 saturated carbocycles. The van der Waals surface area contributed by atoms with Crippen LogP contribution in [0.2, 0.25) is 0 Å². The molecule has 3 atom stereocenters. The first-order valence-electron chi connectivity index (χ1n) is 11.6. The van der Waals surface area contributed by atoms with Crippen LogP contribution < -0.4 is 5.32 Å². The van der Waals surface area contributed by atoms with Gasteiger partial charge in [-0.2, -0.15) is 0 Å². The van der Waals surface area contributed by atoms with Gasteiger partial charge in [0.05, 0.1) is 24.9 Å². The van der Waals surface area contributed by atoms with E-state index in [-0.39, 0.29) is 18.9 Å². The van der Waals surface area contributed by atoms with Crippen LogP contribution >= 0.6 is 0 Å². The minimum Gasteiger partial charge on any atom is -0.399 e. The molecule has 1 aliphatic heterocycles. The van der Waals surface area contributed by atoms with Crippen LogP contribution in [0.1, 0.15) is 28.4 Å². The molecule has 186 valence electrons. The normalized spacial score (nSPS) is 18.0. The van der Waals surface area contributed by atoms with Crippen LogP contribution in [0.25, 0.3) is 11.1 Å². The number of amides is 2. The molecule has 4 rings (SSSR count). The summed E-state index contributed by atoms with van der Waals surface area (Å²) in [7, 11) is 1.40. The molecule has 1 fully saturated rings. The number of nitrogens with zero attached hydrogens (tertiary/aromatic N) is 3. The molecule has 0 radical (unpaired) electrons. The van der Waals surface area contributed by atoms with Crippen molar-refractivity contribution in [2.24, 2.45) is 5.16 Å². The van der Waals surface area contributed by atoms with Gasteiger partial charge in [-0.1, -0.05) is 53.7 Å². The molecule has 36 heavy (non-hydrogen) atoms. The summed E-state index contributed by atoms with van der Waals surface area (Å²) in [5.41, 5.74) is 3.37. The predicted molar refractivity (Wildman–Crippen MR) is 134 cm³/mol. The number of nitrogens with one attached hydrogen (secondary N) is 1. The molecule has 2 heterocycles. The number of rotatable bonds is 8. The SMILES string of the molecule is CO/N=C1\C[C@@H](C(=O)N[C@@H](CO)[C@H](O)c2ccccc2)N(C(=O)c2ccc(-c3cccnc3)cc2)C1. The Kier molecular flexibility index (Phi) is 8.04. The summed E-state index contributed by atoms with van der Waals surface area (Å²) in [5, 5.41) is 27.2. The lowest BCUT2D eigenvalue weighted by atomic mass is 10.0. The Hall–Kier alpha value is -4.08. The largest absolute Gasteiger partial charge is 0.399 e. The van der Waals surface area contributed by atoms with Crippen LogP contribution in [0.5, 0.6) is 0 Å². The first kappa shape index (κ1) is 25.0. The van der Waals surface area contributed by atoms with Gasteiger partial charge in [0.2, 0.25) is 5.91 Å². The van der Waals surface area contributed by atoms with Crippen molar-refractivity contribution in [3.63, 3.8) is 0 Å². The highest BCUT2D eigenvalue weighted by atomic mass is 16.6. The van der Waals surface area contributed by atoms with Crippen LogP contribution in [-0.2, 0) is 9.63 Å². The molecule has 0 aliphatic carbocycles. The standard InChI is InChI=1S/C27H28N4O5/c1-36-30-22-14-24(26(34)29-23(17-32)25(33)19-6-3-2-4-7-19)31(16-22)27(35)20-11-9-18(10-12-20)21-8-5-13-28-15-21/h2-13,15,23-25,32-33H,14,16-17H2,1H3,(H,29,34)/b30-22+/t23-,24-,25+/m0/s1. The molecule has 2 amide bonds. The number of hydrogen-bond donors (Lipinski definition) is 3. The number of aliphatic hydroxyl groups excluding tert-OH is 2. The summed E-state index contributed by atoms with van der Waals surface area (Å²) in [6.45, 7) is -0.350. The smallest absolute Gasteiger partial charge is 0.254 e. The molecule has 1 saturated heterocycles. The number of hydrogen-bond acceptors (Lipinski definition) is 7. The zero-order valence-corrected chi connectivity index (χ0v) is 19.8. The Morgan fingerprint density at radius 2 is 1.86 bits per heavy atom. The highest BCUT2D eigenvalue weighted by molar-refractivity contribution is 6.05. The fourth-order valence-electron chi connectivity index (χ4n) is 4.24. The van der Waals surface area contributed by atoms with Gasteiger partial charge in [-0.15, -0.1) is 0 Å². The molecule has 3 aromatic rings. The molecule has 1 aliphatic rings. The van der Waals surface area contributed by atoms with Crippen LogP contribution in [-0.4, -0.2) is 70.0 Å². The monoisotopic (exact) mass is 488 g/mol. The van der Waals surface area contributed by atoms with Gasteiger partial charge in [-0.05, 0) is 34.9 Å². The zero-order valence-electron chi connectivity index (χ0n) is 19.8. The molecule has 3 N–H and O–H groups in total. The van der Waals surface area contributed by atoms with E-state index < -0.39 is 30.7 Å². The number of benzene rings is 2. The first-order valence-corrected chi connectivity index (χ1v) is 11.6. The van der Waals surface area contributed by atoms with Gasteiger partial charge >= 0.3 is 0 Å². The average molecular weight is 489 g/mol. The Morgan fingerprint density at radius 1 is 1.11 bits per heavy atom. The van der Waals surface area contributed by atoms with E-state index in [0.29, 0.717) is 16.8 Å². The number of aliphatic hydroxyl groups is 2. The van der Waals surface area contributed by atoms with Crippen molar-refractivity contribution in [1.82, 2.24) is 15.2 Å². The quantitative estimate of drug-likeness (QED) is 0.418. The molecule has 9 heteroatoms. The van der Waals surface area contributed by atoms with Crippen molar-refractivity contribution < 1.29 is 24.6 Å². The van der Waals surface area contributed by atoms with Gasteiger partial charge in [0.25, 0.3) is 5.91 Å². The van der Waals surface area contributed by atoms with E-state index in [9.17, 15) is 19.8 Å². The van der Waals surface area contributed by atoms with Crippen LogP contribution in [0.15, 0.2) is 84.3 Å². The maximum Gasteiger partial charge on any atom is 0.254 e. The van der Waals surface area contributed by atoms with E-state index in [4.69, 9.17) is 4.84 Å². The van der Waals surface area contributed by atoms with Gasteiger partial charge in [0.15, 0.2) is 0 Å². The molecule has 0 spiro atoms. The lowest BCUT2D eigenvalue weighted by molar-refractivity contribution is -0.126. The summed E-state index contributed by atoms with van der Waals surface area (Å²) < 4.78 is 0. The number of aromatic nitrogens is 1. The van der Waals surface area contributed by atoms with Gasteiger partial charge in [-0.25, -0.2) is 0 Å². The molecular weight excluding hydrogens is 460 g/mol. The second kappa shape index (κ2) is 11.6. The predicted octanol–water partition coefficient (Wildman–Crippen LogP) is 2.18. The Morgan fingerprint density at radius 3 is 2.50 bits per heavy atom. The van der Waals surface area contributed by atoms with Crippen LogP contribution in [0.3, 0.4) is 0 Å². The van der Waals surface area contributed by atoms with E-state index in [2.05, 4.69) is 15.5 Å². The highest BCUT2D eigenvalue weighted by Gasteiger charge is 2.39. The number of pyridine rings is 1. The molecule has 0 unspecified atom stereocenters. The Balaban J connectivity index is 1.52. The second-order valence-electron chi connectivity index (χ2n) is 8.47. The highest BCUT2D eigenvalue weighted by Crippen LogP contribution is 2.24. The van der Waals surface area contributed by atoms with Crippen molar-refractivity contribution in [3.8, 4) is 11.1 Å². The lowest BCUT2D eigenvalue weighted by Gasteiger charge is -2.27. The van der Waals surface area contributed by atoms with Gasteiger partial charge in [0.1, 0.15) is 19.3 Å². The van der Waals surface area contributed by atoms with Crippen molar-refractivity contribution >= 4 is 17.5 Å². The van der Waals surface area contributed by atoms with Crippen LogP contribution in [0, 0.1) is 0 Å². The molecule has 2 aromatic carbocycles.